The summed E-state index contributed by atoms with van der Waals surface area (Å²) in [5.74, 6) is -0.860. The van der Waals surface area contributed by atoms with Crippen LogP contribution in [-0.2, 0) is 11.2 Å². The van der Waals surface area contributed by atoms with Crippen molar-refractivity contribution in [2.24, 2.45) is 0 Å². The molecule has 10 heteroatoms. The molecule has 0 bridgehead atoms. The zero-order valence-electron chi connectivity index (χ0n) is 15.5. The van der Waals surface area contributed by atoms with Crippen molar-refractivity contribution < 1.29 is 14.5 Å². The highest BCUT2D eigenvalue weighted by atomic mass is 32.1. The number of carbonyl (C=O) groups is 2. The summed E-state index contributed by atoms with van der Waals surface area (Å²) in [7, 11) is 0. The van der Waals surface area contributed by atoms with Crippen molar-refractivity contribution in [3.8, 4) is 10.6 Å². The lowest BCUT2D eigenvalue weighted by Gasteiger charge is -2.06. The number of aryl methyl sites for hydroxylation is 1. The van der Waals surface area contributed by atoms with Gasteiger partial charge < -0.3 is 10.6 Å². The smallest absolute Gasteiger partial charge is 0.270 e. The van der Waals surface area contributed by atoms with Crippen molar-refractivity contribution in [3.05, 3.63) is 67.3 Å². The molecule has 0 aliphatic rings. The molecule has 0 radical (unpaired) electrons. The number of rotatable bonds is 8. The van der Waals surface area contributed by atoms with Crippen LogP contribution >= 0.6 is 22.7 Å². The number of hydrogen-bond donors (Lipinski definition) is 2. The highest BCUT2D eigenvalue weighted by Gasteiger charge is 2.12. The monoisotopic (exact) mass is 430 g/mol. The minimum atomic E-state index is -0.574. The molecular weight excluding hydrogens is 412 g/mol. The Bertz CT molecular complexity index is 1040. The summed E-state index contributed by atoms with van der Waals surface area (Å²) in [6.45, 7) is 2.22. The number of aromatic nitrogens is 1. The molecule has 0 saturated heterocycles. The molecule has 2 amide bonds. The van der Waals surface area contributed by atoms with Crippen molar-refractivity contribution in [1.82, 2.24) is 15.6 Å². The SMILES string of the molecule is Cc1nc(-c2ccc(CCNC(=O)CNC(=O)c3cccc([N+](=O)[O-])c3)s2)cs1. The van der Waals surface area contributed by atoms with Gasteiger partial charge in [-0.05, 0) is 31.5 Å². The van der Waals surface area contributed by atoms with Crippen LogP contribution < -0.4 is 10.6 Å². The first-order chi connectivity index (χ1) is 13.9. The highest BCUT2D eigenvalue weighted by Crippen LogP contribution is 2.29. The molecule has 150 valence electrons. The van der Waals surface area contributed by atoms with Crippen LogP contribution in [-0.4, -0.2) is 34.8 Å². The maximum absolute atomic E-state index is 12.0. The second kappa shape index (κ2) is 9.39. The molecule has 8 nitrogen and oxygen atoms in total. The molecule has 1 aromatic carbocycles. The van der Waals surface area contributed by atoms with E-state index in [0.717, 1.165) is 20.5 Å². The van der Waals surface area contributed by atoms with Gasteiger partial charge in [0.05, 0.1) is 27.0 Å². The predicted octanol–water partition coefficient (Wildman–Crippen LogP) is 3.18. The van der Waals surface area contributed by atoms with Gasteiger partial charge in [-0.3, -0.25) is 19.7 Å². The Morgan fingerprint density at radius 1 is 1.21 bits per heavy atom. The average Bonchev–Trinajstić information content (AvgIpc) is 3.35. The highest BCUT2D eigenvalue weighted by molar-refractivity contribution is 7.16. The van der Waals surface area contributed by atoms with E-state index in [1.807, 2.05) is 24.4 Å². The summed E-state index contributed by atoms with van der Waals surface area (Å²) in [5.41, 5.74) is 0.928. The molecule has 2 N–H and O–H groups in total. The number of hydrogen-bond acceptors (Lipinski definition) is 7. The second-order valence-electron chi connectivity index (χ2n) is 6.11. The Balaban J connectivity index is 1.42. The minimum Gasteiger partial charge on any atom is -0.354 e. The number of benzene rings is 1. The molecule has 0 saturated carbocycles. The summed E-state index contributed by atoms with van der Waals surface area (Å²) in [6.07, 6.45) is 0.679. The molecule has 0 atom stereocenters. The first-order valence-electron chi connectivity index (χ1n) is 8.73. The first kappa shape index (κ1) is 20.6. The average molecular weight is 431 g/mol. The van der Waals surface area contributed by atoms with Crippen LogP contribution in [0.2, 0.25) is 0 Å². The fourth-order valence-electron chi connectivity index (χ4n) is 2.54. The van der Waals surface area contributed by atoms with E-state index >= 15 is 0 Å². The zero-order valence-corrected chi connectivity index (χ0v) is 17.1. The number of nitro benzene ring substituents is 1. The van der Waals surface area contributed by atoms with E-state index in [4.69, 9.17) is 0 Å². The van der Waals surface area contributed by atoms with Crippen LogP contribution in [0.25, 0.3) is 10.6 Å². The lowest BCUT2D eigenvalue weighted by Crippen LogP contribution is -2.37. The standard InChI is InChI=1S/C19H18N4O4S2/c1-12-22-16(11-28-12)17-6-5-15(29-17)7-8-20-18(24)10-21-19(25)13-3-2-4-14(9-13)23(26)27/h2-6,9,11H,7-8,10H2,1H3,(H,20,24)(H,21,25). The van der Waals surface area contributed by atoms with Crippen LogP contribution in [0.4, 0.5) is 5.69 Å². The van der Waals surface area contributed by atoms with Gasteiger partial charge in [0.15, 0.2) is 0 Å². The quantitative estimate of drug-likeness (QED) is 0.421. The second-order valence-corrected chi connectivity index (χ2v) is 8.34. The number of nitrogens with one attached hydrogen (secondary N) is 2. The number of amides is 2. The maximum Gasteiger partial charge on any atom is 0.270 e. The Labute approximate surface area is 174 Å². The number of thiazole rings is 1. The van der Waals surface area contributed by atoms with Crippen LogP contribution in [0.15, 0.2) is 41.8 Å². The third-order valence-corrected chi connectivity index (χ3v) is 5.90. The number of non-ortho nitro benzene ring substituents is 1. The number of thiophene rings is 1. The minimum absolute atomic E-state index is 0.135. The van der Waals surface area contributed by atoms with Crippen molar-refractivity contribution in [1.29, 1.82) is 0 Å². The van der Waals surface area contributed by atoms with Crippen molar-refractivity contribution in [2.45, 2.75) is 13.3 Å². The fourth-order valence-corrected chi connectivity index (χ4v) is 4.19. The van der Waals surface area contributed by atoms with Gasteiger partial charge in [-0.15, -0.1) is 22.7 Å². The van der Waals surface area contributed by atoms with Gasteiger partial charge in [0.25, 0.3) is 11.6 Å². The van der Waals surface area contributed by atoms with Gasteiger partial charge in [0, 0.05) is 34.5 Å². The third kappa shape index (κ3) is 5.69. The van der Waals surface area contributed by atoms with Crippen molar-refractivity contribution in [3.63, 3.8) is 0 Å². The van der Waals surface area contributed by atoms with E-state index in [-0.39, 0.29) is 23.7 Å². The summed E-state index contributed by atoms with van der Waals surface area (Å²) in [6, 6.07) is 9.40. The van der Waals surface area contributed by atoms with E-state index < -0.39 is 10.8 Å². The lowest BCUT2D eigenvalue weighted by atomic mass is 10.2. The van der Waals surface area contributed by atoms with Crippen molar-refractivity contribution >= 4 is 40.2 Å². The van der Waals surface area contributed by atoms with Gasteiger partial charge in [0.1, 0.15) is 0 Å². The largest absolute Gasteiger partial charge is 0.354 e. The summed E-state index contributed by atoms with van der Waals surface area (Å²) >= 11 is 3.25. The number of carbonyl (C=O) groups excluding carboxylic acids is 2. The van der Waals surface area contributed by atoms with Gasteiger partial charge in [-0.1, -0.05) is 6.07 Å². The van der Waals surface area contributed by atoms with Crippen LogP contribution in [0.5, 0.6) is 0 Å². The molecule has 3 rings (SSSR count). The normalized spacial score (nSPS) is 10.5. The van der Waals surface area contributed by atoms with Gasteiger partial charge in [0.2, 0.25) is 5.91 Å². The molecule has 0 fully saturated rings. The Morgan fingerprint density at radius 2 is 2.03 bits per heavy atom. The van der Waals surface area contributed by atoms with E-state index in [2.05, 4.69) is 15.6 Å². The number of nitro groups is 1. The molecule has 0 unspecified atom stereocenters. The van der Waals surface area contributed by atoms with Gasteiger partial charge in [-0.2, -0.15) is 0 Å². The zero-order chi connectivity index (χ0) is 20.8. The van der Waals surface area contributed by atoms with E-state index in [1.165, 1.54) is 24.3 Å². The fraction of sp³-hybridized carbons (Fsp3) is 0.211. The molecule has 2 aromatic heterocycles. The third-order valence-electron chi connectivity index (χ3n) is 3.96. The van der Waals surface area contributed by atoms with Gasteiger partial charge >= 0.3 is 0 Å². The van der Waals surface area contributed by atoms with Crippen LogP contribution in [0, 0.1) is 17.0 Å². The Hall–Kier alpha value is -3.11. The molecule has 0 spiro atoms. The van der Waals surface area contributed by atoms with E-state index in [0.29, 0.717) is 13.0 Å². The molecule has 2 heterocycles. The number of nitrogens with zero attached hydrogens (tertiary/aromatic N) is 2. The molecule has 3 aromatic rings. The molecule has 29 heavy (non-hydrogen) atoms. The lowest BCUT2D eigenvalue weighted by molar-refractivity contribution is -0.384. The summed E-state index contributed by atoms with van der Waals surface area (Å²) in [5, 5.41) is 19.0. The molecular formula is C19H18N4O4S2. The predicted molar refractivity (Wildman–Crippen MR) is 112 cm³/mol. The van der Waals surface area contributed by atoms with Crippen LogP contribution in [0.3, 0.4) is 0 Å². The molecule has 0 aliphatic heterocycles. The van der Waals surface area contributed by atoms with Crippen LogP contribution in [0.1, 0.15) is 20.2 Å². The molecule has 0 aliphatic carbocycles. The maximum atomic E-state index is 12.0. The van der Waals surface area contributed by atoms with E-state index in [1.54, 1.807) is 22.7 Å². The Morgan fingerprint density at radius 3 is 2.76 bits per heavy atom. The Kier molecular flexibility index (Phi) is 6.68. The van der Waals surface area contributed by atoms with Gasteiger partial charge in [-0.25, -0.2) is 4.98 Å². The summed E-state index contributed by atoms with van der Waals surface area (Å²) < 4.78 is 0. The summed E-state index contributed by atoms with van der Waals surface area (Å²) in [4.78, 5) is 40.9. The first-order valence-corrected chi connectivity index (χ1v) is 10.4. The topological polar surface area (TPSA) is 114 Å². The van der Waals surface area contributed by atoms with E-state index in [9.17, 15) is 19.7 Å². The van der Waals surface area contributed by atoms with Crippen molar-refractivity contribution in [2.75, 3.05) is 13.1 Å².